The number of aliphatic imine (C=N–C) groups is 1. The Bertz CT molecular complexity index is 723. The molecule has 3 nitrogen and oxygen atoms in total. The molecule has 3 rings (SSSR count). The van der Waals surface area contributed by atoms with Crippen LogP contribution in [0.3, 0.4) is 0 Å². The number of thiol groups is 1. The van der Waals surface area contributed by atoms with Gasteiger partial charge in [0.05, 0.1) is 11.7 Å². The van der Waals surface area contributed by atoms with Crippen LogP contribution in [0.4, 0.5) is 0 Å². The van der Waals surface area contributed by atoms with Gasteiger partial charge in [-0.05, 0) is 24.0 Å². The number of rotatable bonds is 4. The molecule has 0 N–H and O–H groups in total. The van der Waals surface area contributed by atoms with Crippen molar-refractivity contribution in [2.45, 2.75) is 11.8 Å². The Balaban J connectivity index is 2.01. The van der Waals surface area contributed by atoms with Gasteiger partial charge < -0.3 is 4.74 Å². The number of benzene rings is 2. The number of hydrogen-bond donors (Lipinski definition) is 1. The summed E-state index contributed by atoms with van der Waals surface area (Å²) in [6.07, 6.45) is 1.67. The van der Waals surface area contributed by atoms with Gasteiger partial charge in [-0.3, -0.25) is 0 Å². The number of esters is 1. The van der Waals surface area contributed by atoms with Crippen LogP contribution in [0.5, 0.6) is 0 Å². The zero-order chi connectivity index (χ0) is 15.4. The fraction of sp³-hybridized carbons (Fsp3) is 0.111. The van der Waals surface area contributed by atoms with E-state index in [-0.39, 0.29) is 5.97 Å². The summed E-state index contributed by atoms with van der Waals surface area (Å²) in [5.41, 5.74) is 1.05. The van der Waals surface area contributed by atoms with Gasteiger partial charge in [0, 0.05) is 11.8 Å². The van der Waals surface area contributed by atoms with E-state index in [1.165, 1.54) is 0 Å². The summed E-state index contributed by atoms with van der Waals surface area (Å²) in [5.74, 6) is -0.271. The number of carbonyl (C=O) groups is 1. The largest absolute Gasteiger partial charge is 0.462 e. The lowest BCUT2D eigenvalue weighted by molar-refractivity contribution is -0.137. The second kappa shape index (κ2) is 6.62. The molecule has 0 bridgehead atoms. The van der Waals surface area contributed by atoms with Crippen molar-refractivity contribution in [3.05, 3.63) is 77.3 Å². The fourth-order valence-electron chi connectivity index (χ4n) is 2.33. The third-order valence-electron chi connectivity index (χ3n) is 3.29. The smallest absolute Gasteiger partial charge is 0.345 e. The molecule has 1 atom stereocenters. The lowest BCUT2D eigenvalue weighted by atomic mass is 10.2. The van der Waals surface area contributed by atoms with Crippen LogP contribution >= 0.6 is 10.9 Å². The summed E-state index contributed by atoms with van der Waals surface area (Å²) >= 11 is 0. The maximum absolute atomic E-state index is 12.3. The van der Waals surface area contributed by atoms with Crippen LogP contribution in [0.1, 0.15) is 12.5 Å². The minimum atomic E-state index is -0.958. The van der Waals surface area contributed by atoms with Crippen molar-refractivity contribution in [3.63, 3.8) is 0 Å². The van der Waals surface area contributed by atoms with Crippen LogP contribution in [0.2, 0.25) is 0 Å². The van der Waals surface area contributed by atoms with E-state index in [2.05, 4.69) is 4.99 Å². The minimum absolute atomic E-state index is 0.271. The number of nitrogens with zero attached hydrogens (tertiary/aromatic N) is 1. The van der Waals surface area contributed by atoms with Crippen LogP contribution in [-0.2, 0) is 9.53 Å². The van der Waals surface area contributed by atoms with Crippen molar-refractivity contribution < 1.29 is 9.53 Å². The molecule has 0 fully saturated rings. The molecule has 0 amide bonds. The number of ether oxygens (including phenoxy) is 1. The van der Waals surface area contributed by atoms with E-state index >= 15 is 0 Å². The molecule has 0 spiro atoms. The molecule has 1 heterocycles. The minimum Gasteiger partial charge on any atom is -0.462 e. The normalized spacial score (nSPS) is 18.5. The maximum atomic E-state index is 12.3. The summed E-state index contributed by atoms with van der Waals surface area (Å²) in [6, 6.07) is 20.0. The zero-order valence-electron chi connectivity index (χ0n) is 12.3. The molecule has 2 aromatic carbocycles. The molecule has 1 aliphatic heterocycles. The van der Waals surface area contributed by atoms with Gasteiger partial charge in [0.15, 0.2) is 0 Å². The lowest BCUT2D eigenvalue weighted by Gasteiger charge is -2.21. The van der Waals surface area contributed by atoms with Gasteiger partial charge in [-0.1, -0.05) is 48.5 Å². The molecule has 0 saturated heterocycles. The summed E-state index contributed by atoms with van der Waals surface area (Å²) < 4.78 is 5.20. The Hall–Kier alpha value is -2.33. The standard InChI is InChI=1S/C18H17NO2S/c1-2-21-18(20)16-13-19-17(14-9-5-3-6-10-14)22(16)15-11-7-4-8-12-15/h3-13,22H,2H2,1H3. The van der Waals surface area contributed by atoms with Crippen molar-refractivity contribution in [2.75, 3.05) is 6.61 Å². The molecular weight excluding hydrogens is 294 g/mol. The average Bonchev–Trinajstić information content (AvgIpc) is 3.02. The second-order valence-corrected chi connectivity index (χ2v) is 6.82. The number of carbonyl (C=O) groups excluding carboxylic acids is 1. The quantitative estimate of drug-likeness (QED) is 0.687. The first-order chi connectivity index (χ1) is 10.8. The van der Waals surface area contributed by atoms with Gasteiger partial charge in [0.25, 0.3) is 0 Å². The van der Waals surface area contributed by atoms with Gasteiger partial charge in [0.1, 0.15) is 4.91 Å². The van der Waals surface area contributed by atoms with E-state index < -0.39 is 10.9 Å². The van der Waals surface area contributed by atoms with Crippen LogP contribution in [0.25, 0.3) is 0 Å². The third kappa shape index (κ3) is 2.83. The van der Waals surface area contributed by atoms with Crippen molar-refractivity contribution in [1.29, 1.82) is 0 Å². The van der Waals surface area contributed by atoms with E-state index in [0.717, 1.165) is 15.5 Å². The molecule has 2 aromatic rings. The Morgan fingerprint density at radius 3 is 2.32 bits per heavy atom. The van der Waals surface area contributed by atoms with Crippen LogP contribution in [0.15, 0.2) is 81.7 Å². The van der Waals surface area contributed by atoms with Gasteiger partial charge in [-0.25, -0.2) is 9.79 Å². The summed E-state index contributed by atoms with van der Waals surface area (Å²) in [5, 5.41) is 0.949. The highest BCUT2D eigenvalue weighted by molar-refractivity contribution is 8.34. The molecular formula is C18H17NO2S. The van der Waals surface area contributed by atoms with Gasteiger partial charge in [-0.15, -0.1) is 10.9 Å². The highest BCUT2D eigenvalue weighted by atomic mass is 32.2. The van der Waals surface area contributed by atoms with Crippen molar-refractivity contribution in [3.8, 4) is 0 Å². The van der Waals surface area contributed by atoms with E-state index in [9.17, 15) is 4.79 Å². The topological polar surface area (TPSA) is 38.7 Å². The van der Waals surface area contributed by atoms with E-state index in [0.29, 0.717) is 11.5 Å². The van der Waals surface area contributed by atoms with E-state index in [4.69, 9.17) is 4.74 Å². The Morgan fingerprint density at radius 2 is 1.68 bits per heavy atom. The molecule has 4 heteroatoms. The average molecular weight is 311 g/mol. The third-order valence-corrected chi connectivity index (χ3v) is 5.68. The van der Waals surface area contributed by atoms with E-state index in [1.807, 2.05) is 67.6 Å². The van der Waals surface area contributed by atoms with Crippen LogP contribution in [0, 0.1) is 0 Å². The Kier molecular flexibility index (Phi) is 4.39. The SMILES string of the molecule is CCOC(=O)C1=CN=C(c2ccccc2)[SH]1c1ccccc1. The first-order valence-electron chi connectivity index (χ1n) is 7.17. The Morgan fingerprint density at radius 1 is 1.05 bits per heavy atom. The summed E-state index contributed by atoms with van der Waals surface area (Å²) in [4.78, 5) is 18.6. The van der Waals surface area contributed by atoms with E-state index in [1.54, 1.807) is 6.20 Å². The summed E-state index contributed by atoms with van der Waals surface area (Å²) in [6.45, 7) is 2.19. The molecule has 1 aliphatic rings. The predicted octanol–water partition coefficient (Wildman–Crippen LogP) is 3.91. The van der Waals surface area contributed by atoms with Crippen LogP contribution < -0.4 is 0 Å². The number of hydrogen-bond acceptors (Lipinski definition) is 3. The first-order valence-corrected chi connectivity index (χ1v) is 8.51. The molecule has 0 radical (unpaired) electrons. The molecule has 1 unspecified atom stereocenters. The molecule has 0 aromatic heterocycles. The van der Waals surface area contributed by atoms with Crippen molar-refractivity contribution in [2.24, 2.45) is 4.99 Å². The highest BCUT2D eigenvalue weighted by Gasteiger charge is 2.29. The molecule has 0 aliphatic carbocycles. The lowest BCUT2D eigenvalue weighted by Crippen LogP contribution is -2.10. The predicted molar refractivity (Wildman–Crippen MR) is 91.4 cm³/mol. The molecule has 112 valence electrons. The molecule has 22 heavy (non-hydrogen) atoms. The maximum Gasteiger partial charge on any atom is 0.345 e. The monoisotopic (exact) mass is 311 g/mol. The second-order valence-electron chi connectivity index (χ2n) is 4.72. The Labute approximate surface area is 132 Å². The van der Waals surface area contributed by atoms with Gasteiger partial charge in [0.2, 0.25) is 0 Å². The first kappa shape index (κ1) is 14.6. The van der Waals surface area contributed by atoms with Gasteiger partial charge in [-0.2, -0.15) is 0 Å². The van der Waals surface area contributed by atoms with Crippen molar-refractivity contribution in [1.82, 2.24) is 0 Å². The summed E-state index contributed by atoms with van der Waals surface area (Å²) in [7, 11) is -0.958. The molecule has 0 saturated carbocycles. The van der Waals surface area contributed by atoms with Crippen LogP contribution in [-0.4, -0.2) is 17.6 Å². The van der Waals surface area contributed by atoms with Gasteiger partial charge >= 0.3 is 5.97 Å². The highest BCUT2D eigenvalue weighted by Crippen LogP contribution is 2.50. The fourth-order valence-corrected chi connectivity index (χ4v) is 4.55. The van der Waals surface area contributed by atoms with Crippen molar-refractivity contribution >= 4 is 21.9 Å². The zero-order valence-corrected chi connectivity index (χ0v) is 13.2.